The molecule has 0 aliphatic carbocycles. The van der Waals surface area contributed by atoms with Gasteiger partial charge in [-0.15, -0.1) is 0 Å². The van der Waals surface area contributed by atoms with Gasteiger partial charge in [0.1, 0.15) is 5.82 Å². The summed E-state index contributed by atoms with van der Waals surface area (Å²) in [6, 6.07) is 13.3. The van der Waals surface area contributed by atoms with Crippen molar-refractivity contribution in [2.45, 2.75) is 26.4 Å². The van der Waals surface area contributed by atoms with Gasteiger partial charge in [-0.2, -0.15) is 0 Å². The number of hydrogen-bond donors (Lipinski definition) is 1. The van der Waals surface area contributed by atoms with Crippen molar-refractivity contribution in [2.75, 3.05) is 12.8 Å². The molecule has 0 heterocycles. The van der Waals surface area contributed by atoms with Crippen molar-refractivity contribution in [3.63, 3.8) is 0 Å². The van der Waals surface area contributed by atoms with E-state index in [2.05, 4.69) is 36.1 Å². The topological polar surface area (TPSA) is 29.3 Å². The van der Waals surface area contributed by atoms with Gasteiger partial charge in [-0.3, -0.25) is 4.90 Å². The Morgan fingerprint density at radius 2 is 1.55 bits per heavy atom. The molecule has 2 N–H and O–H groups in total. The van der Waals surface area contributed by atoms with Crippen LogP contribution in [-0.4, -0.2) is 11.9 Å². The molecule has 106 valence electrons. The number of halogens is 1. The van der Waals surface area contributed by atoms with Crippen LogP contribution in [0.25, 0.3) is 0 Å². The molecule has 2 rings (SSSR count). The molecule has 0 bridgehead atoms. The van der Waals surface area contributed by atoms with E-state index in [-0.39, 0.29) is 5.82 Å². The molecule has 2 aromatic carbocycles. The minimum atomic E-state index is -0.277. The van der Waals surface area contributed by atoms with Gasteiger partial charge in [-0.05, 0) is 48.4 Å². The first-order valence-corrected chi connectivity index (χ1v) is 6.88. The Kier molecular flexibility index (Phi) is 4.74. The highest BCUT2D eigenvalue weighted by Gasteiger charge is 2.04. The third-order valence-corrected chi connectivity index (χ3v) is 3.32. The number of hydrogen-bond acceptors (Lipinski definition) is 2. The average Bonchev–Trinajstić information content (AvgIpc) is 2.38. The predicted octanol–water partition coefficient (Wildman–Crippen LogP) is 3.60. The van der Waals surface area contributed by atoms with E-state index in [1.54, 1.807) is 0 Å². The molecule has 0 radical (unpaired) electrons. The molecule has 3 heteroatoms. The second kappa shape index (κ2) is 6.53. The Morgan fingerprint density at radius 3 is 2.15 bits per heavy atom. The average molecular weight is 272 g/mol. The number of anilines is 1. The lowest BCUT2D eigenvalue weighted by atomic mass is 10.1. The summed E-state index contributed by atoms with van der Waals surface area (Å²) in [6.07, 6.45) is 1.05. The predicted molar refractivity (Wildman–Crippen MR) is 81.8 cm³/mol. The lowest BCUT2D eigenvalue weighted by molar-refractivity contribution is 0.318. The van der Waals surface area contributed by atoms with Crippen molar-refractivity contribution >= 4 is 5.69 Å². The summed E-state index contributed by atoms with van der Waals surface area (Å²) in [4.78, 5) is 2.15. The molecule has 0 unspecified atom stereocenters. The van der Waals surface area contributed by atoms with Crippen LogP contribution in [-0.2, 0) is 19.5 Å². The molecule has 2 aromatic rings. The van der Waals surface area contributed by atoms with Crippen LogP contribution >= 0.6 is 0 Å². The van der Waals surface area contributed by atoms with Gasteiger partial charge in [-0.25, -0.2) is 4.39 Å². The van der Waals surface area contributed by atoms with E-state index in [9.17, 15) is 4.39 Å². The highest BCUT2D eigenvalue weighted by Crippen LogP contribution is 2.14. The van der Waals surface area contributed by atoms with E-state index >= 15 is 0 Å². The minimum absolute atomic E-state index is 0.277. The summed E-state index contributed by atoms with van der Waals surface area (Å²) in [7, 11) is 2.02. The van der Waals surface area contributed by atoms with E-state index in [0.717, 1.165) is 18.5 Å². The van der Waals surface area contributed by atoms with Crippen molar-refractivity contribution in [3.05, 3.63) is 65.0 Å². The number of nitrogens with two attached hydrogens (primary N) is 1. The molecule has 2 nitrogen and oxygen atoms in total. The zero-order chi connectivity index (χ0) is 14.5. The van der Waals surface area contributed by atoms with Gasteiger partial charge < -0.3 is 5.73 Å². The SMILES string of the molecule is CCc1ccc(CN(C)Cc2cc(N)cc(F)c2)cc1. The van der Waals surface area contributed by atoms with Gasteiger partial charge in [-0.1, -0.05) is 31.2 Å². The zero-order valence-corrected chi connectivity index (χ0v) is 12.1. The van der Waals surface area contributed by atoms with Crippen molar-refractivity contribution in [1.29, 1.82) is 0 Å². The number of rotatable bonds is 5. The molecule has 0 saturated heterocycles. The largest absolute Gasteiger partial charge is 0.399 e. The highest BCUT2D eigenvalue weighted by atomic mass is 19.1. The second-order valence-corrected chi connectivity index (χ2v) is 5.24. The van der Waals surface area contributed by atoms with Crippen LogP contribution in [0.2, 0.25) is 0 Å². The van der Waals surface area contributed by atoms with Gasteiger partial charge in [0, 0.05) is 18.8 Å². The Hall–Kier alpha value is -1.87. The number of nitrogen functional groups attached to an aromatic ring is 1. The third-order valence-electron chi connectivity index (χ3n) is 3.32. The maximum Gasteiger partial charge on any atom is 0.125 e. The molecular formula is C17H21FN2. The zero-order valence-electron chi connectivity index (χ0n) is 12.1. The van der Waals surface area contributed by atoms with Crippen molar-refractivity contribution in [3.8, 4) is 0 Å². The van der Waals surface area contributed by atoms with Gasteiger partial charge in [0.25, 0.3) is 0 Å². The molecule has 0 fully saturated rings. The quantitative estimate of drug-likeness (QED) is 0.843. The summed E-state index contributed by atoms with van der Waals surface area (Å²) in [5, 5.41) is 0. The summed E-state index contributed by atoms with van der Waals surface area (Å²) in [6.45, 7) is 3.66. The molecule has 20 heavy (non-hydrogen) atoms. The van der Waals surface area contributed by atoms with Crippen LogP contribution in [0.3, 0.4) is 0 Å². The van der Waals surface area contributed by atoms with E-state index in [1.807, 2.05) is 13.1 Å². The monoisotopic (exact) mass is 272 g/mol. The molecule has 0 aromatic heterocycles. The Labute approximate surface area is 120 Å². The van der Waals surface area contributed by atoms with Gasteiger partial charge in [0.05, 0.1) is 0 Å². The van der Waals surface area contributed by atoms with Crippen LogP contribution in [0.5, 0.6) is 0 Å². The van der Waals surface area contributed by atoms with Gasteiger partial charge in [0.15, 0.2) is 0 Å². The first kappa shape index (κ1) is 14.5. The molecule has 0 saturated carbocycles. The normalized spacial score (nSPS) is 11.0. The van der Waals surface area contributed by atoms with E-state index in [0.29, 0.717) is 12.2 Å². The first-order valence-electron chi connectivity index (χ1n) is 6.88. The fourth-order valence-corrected chi connectivity index (χ4v) is 2.33. The van der Waals surface area contributed by atoms with Crippen LogP contribution < -0.4 is 5.73 Å². The molecular weight excluding hydrogens is 251 g/mol. The van der Waals surface area contributed by atoms with E-state index in [1.165, 1.54) is 23.3 Å². The number of aryl methyl sites for hydroxylation is 1. The Bertz CT molecular complexity index is 543. The minimum Gasteiger partial charge on any atom is -0.399 e. The lowest BCUT2D eigenvalue weighted by Gasteiger charge is -2.17. The maximum absolute atomic E-state index is 13.3. The molecule has 0 aliphatic heterocycles. The number of benzene rings is 2. The third kappa shape index (κ3) is 4.07. The molecule has 0 spiro atoms. The molecule has 0 amide bonds. The van der Waals surface area contributed by atoms with Crippen molar-refractivity contribution in [1.82, 2.24) is 4.90 Å². The maximum atomic E-state index is 13.3. The molecule has 0 atom stereocenters. The Balaban J connectivity index is 1.98. The van der Waals surface area contributed by atoms with Gasteiger partial charge >= 0.3 is 0 Å². The van der Waals surface area contributed by atoms with Crippen LogP contribution in [0.4, 0.5) is 10.1 Å². The standard InChI is InChI=1S/C17H21FN2/c1-3-13-4-6-14(7-5-13)11-20(2)12-15-8-16(18)10-17(19)9-15/h4-10H,3,11-12,19H2,1-2H3. The number of nitrogens with zero attached hydrogens (tertiary/aromatic N) is 1. The van der Waals surface area contributed by atoms with Crippen LogP contribution in [0.1, 0.15) is 23.6 Å². The smallest absolute Gasteiger partial charge is 0.125 e. The van der Waals surface area contributed by atoms with Crippen molar-refractivity contribution in [2.24, 2.45) is 0 Å². The highest BCUT2D eigenvalue weighted by molar-refractivity contribution is 5.41. The van der Waals surface area contributed by atoms with Gasteiger partial charge in [0.2, 0.25) is 0 Å². The summed E-state index contributed by atoms with van der Waals surface area (Å²) in [5.41, 5.74) is 9.63. The second-order valence-electron chi connectivity index (χ2n) is 5.24. The lowest BCUT2D eigenvalue weighted by Crippen LogP contribution is -2.17. The Morgan fingerprint density at radius 1 is 0.950 bits per heavy atom. The summed E-state index contributed by atoms with van der Waals surface area (Å²) >= 11 is 0. The molecule has 0 aliphatic rings. The van der Waals surface area contributed by atoms with E-state index in [4.69, 9.17) is 5.73 Å². The van der Waals surface area contributed by atoms with Crippen LogP contribution in [0.15, 0.2) is 42.5 Å². The fourth-order valence-electron chi connectivity index (χ4n) is 2.33. The van der Waals surface area contributed by atoms with E-state index < -0.39 is 0 Å². The fraction of sp³-hybridized carbons (Fsp3) is 0.294. The van der Waals surface area contributed by atoms with Crippen molar-refractivity contribution < 1.29 is 4.39 Å². The van der Waals surface area contributed by atoms with Crippen LogP contribution in [0, 0.1) is 5.82 Å². The summed E-state index contributed by atoms with van der Waals surface area (Å²) in [5.74, 6) is -0.277. The summed E-state index contributed by atoms with van der Waals surface area (Å²) < 4.78 is 13.3. The first-order chi connectivity index (χ1) is 9.56.